The van der Waals surface area contributed by atoms with Crippen LogP contribution in [-0.2, 0) is 13.0 Å². The largest absolute Gasteiger partial charge is 0.489 e. The second-order valence-electron chi connectivity index (χ2n) is 5.86. The van der Waals surface area contributed by atoms with Gasteiger partial charge in [-0.3, -0.25) is 0 Å². The van der Waals surface area contributed by atoms with E-state index in [1.165, 1.54) is 0 Å². The van der Waals surface area contributed by atoms with Gasteiger partial charge < -0.3 is 4.74 Å². The molecule has 4 aromatic rings. The Balaban J connectivity index is 1.54. The summed E-state index contributed by atoms with van der Waals surface area (Å²) in [4.78, 5) is 8.69. The molecular formula is C20H17ClN4O. The van der Waals surface area contributed by atoms with Gasteiger partial charge in [-0.05, 0) is 48.0 Å². The molecule has 6 heteroatoms. The van der Waals surface area contributed by atoms with Gasteiger partial charge in [-0.25, -0.2) is 4.98 Å². The second kappa shape index (κ2) is 7.14. The molecule has 0 aliphatic carbocycles. The Morgan fingerprint density at radius 3 is 2.50 bits per heavy atom. The third kappa shape index (κ3) is 3.39. The molecule has 26 heavy (non-hydrogen) atoms. The molecule has 0 bridgehead atoms. The van der Waals surface area contributed by atoms with Crippen molar-refractivity contribution in [3.8, 4) is 17.0 Å². The molecule has 5 nitrogen and oxygen atoms in total. The number of hydrogen-bond acceptors (Lipinski definition) is 4. The van der Waals surface area contributed by atoms with Crippen molar-refractivity contribution in [3.63, 3.8) is 0 Å². The molecule has 0 unspecified atom stereocenters. The van der Waals surface area contributed by atoms with Gasteiger partial charge in [0.25, 0.3) is 5.78 Å². The molecular weight excluding hydrogens is 348 g/mol. The highest BCUT2D eigenvalue weighted by Crippen LogP contribution is 2.23. The average molecular weight is 365 g/mol. The Bertz CT molecular complexity index is 1030. The standard InChI is InChI=1S/C20H17ClN4O/c1-2-19-23-20-22-12-11-18(25(20)24-19)15-5-9-17(10-6-15)26-13-14-3-7-16(21)8-4-14/h3-12H,2,13H2,1H3. The first kappa shape index (κ1) is 16.5. The zero-order chi connectivity index (χ0) is 17.9. The highest BCUT2D eigenvalue weighted by Gasteiger charge is 2.09. The van der Waals surface area contributed by atoms with E-state index in [-0.39, 0.29) is 0 Å². The molecule has 4 rings (SSSR count). The lowest BCUT2D eigenvalue weighted by Crippen LogP contribution is -1.97. The molecule has 2 heterocycles. The predicted molar refractivity (Wildman–Crippen MR) is 101 cm³/mol. The van der Waals surface area contributed by atoms with E-state index >= 15 is 0 Å². The van der Waals surface area contributed by atoms with Crippen molar-refractivity contribution >= 4 is 17.4 Å². The van der Waals surface area contributed by atoms with Crippen LogP contribution in [0.25, 0.3) is 17.0 Å². The van der Waals surface area contributed by atoms with Crippen LogP contribution < -0.4 is 4.74 Å². The summed E-state index contributed by atoms with van der Waals surface area (Å²) >= 11 is 5.90. The van der Waals surface area contributed by atoms with Crippen molar-refractivity contribution < 1.29 is 4.74 Å². The van der Waals surface area contributed by atoms with E-state index in [0.29, 0.717) is 12.4 Å². The fourth-order valence-electron chi connectivity index (χ4n) is 2.67. The van der Waals surface area contributed by atoms with E-state index in [1.54, 1.807) is 10.7 Å². The summed E-state index contributed by atoms with van der Waals surface area (Å²) in [7, 11) is 0. The number of ether oxygens (including phenoxy) is 1. The number of rotatable bonds is 5. The van der Waals surface area contributed by atoms with Crippen LogP contribution in [0.5, 0.6) is 5.75 Å². The van der Waals surface area contributed by atoms with Crippen LogP contribution in [0.15, 0.2) is 60.8 Å². The SMILES string of the molecule is CCc1nc2nccc(-c3ccc(OCc4ccc(Cl)cc4)cc3)n2n1. The van der Waals surface area contributed by atoms with Crippen LogP contribution in [0.4, 0.5) is 0 Å². The highest BCUT2D eigenvalue weighted by molar-refractivity contribution is 6.30. The Morgan fingerprint density at radius 2 is 1.77 bits per heavy atom. The van der Waals surface area contributed by atoms with Crippen molar-refractivity contribution in [1.82, 2.24) is 19.6 Å². The Kier molecular flexibility index (Phi) is 4.54. The van der Waals surface area contributed by atoms with E-state index in [0.717, 1.165) is 39.8 Å². The number of benzene rings is 2. The van der Waals surface area contributed by atoms with Gasteiger partial charge in [-0.2, -0.15) is 9.50 Å². The maximum absolute atomic E-state index is 5.90. The maximum atomic E-state index is 5.90. The zero-order valence-corrected chi connectivity index (χ0v) is 15.0. The summed E-state index contributed by atoms with van der Waals surface area (Å²) in [6.45, 7) is 2.53. The van der Waals surface area contributed by atoms with Gasteiger partial charge in [0.2, 0.25) is 0 Å². The molecule has 0 aliphatic rings. The summed E-state index contributed by atoms with van der Waals surface area (Å²) < 4.78 is 7.62. The van der Waals surface area contributed by atoms with E-state index < -0.39 is 0 Å². The zero-order valence-electron chi connectivity index (χ0n) is 14.3. The summed E-state index contributed by atoms with van der Waals surface area (Å²) in [6, 6.07) is 17.5. The molecule has 2 aromatic heterocycles. The number of fused-ring (bicyclic) bond motifs is 1. The summed E-state index contributed by atoms with van der Waals surface area (Å²) in [5.41, 5.74) is 3.05. The molecule has 0 fully saturated rings. The number of nitrogens with zero attached hydrogens (tertiary/aromatic N) is 4. The lowest BCUT2D eigenvalue weighted by Gasteiger charge is -2.08. The number of aryl methyl sites for hydroxylation is 1. The lowest BCUT2D eigenvalue weighted by atomic mass is 10.1. The topological polar surface area (TPSA) is 52.3 Å². The first-order valence-corrected chi connectivity index (χ1v) is 8.79. The van der Waals surface area contributed by atoms with Crippen molar-refractivity contribution in [2.75, 3.05) is 0 Å². The molecule has 0 saturated carbocycles. The monoisotopic (exact) mass is 364 g/mol. The van der Waals surface area contributed by atoms with E-state index in [2.05, 4.69) is 15.1 Å². The van der Waals surface area contributed by atoms with Crippen molar-refractivity contribution in [2.24, 2.45) is 0 Å². The quantitative estimate of drug-likeness (QED) is 0.520. The van der Waals surface area contributed by atoms with Crippen LogP contribution in [0.1, 0.15) is 18.3 Å². The lowest BCUT2D eigenvalue weighted by molar-refractivity contribution is 0.306. The predicted octanol–water partition coefficient (Wildman–Crippen LogP) is 4.59. The van der Waals surface area contributed by atoms with Crippen LogP contribution in [0.3, 0.4) is 0 Å². The fourth-order valence-corrected chi connectivity index (χ4v) is 2.80. The van der Waals surface area contributed by atoms with E-state index in [4.69, 9.17) is 16.3 Å². The van der Waals surface area contributed by atoms with Gasteiger partial charge in [0.05, 0.1) is 5.69 Å². The van der Waals surface area contributed by atoms with Crippen LogP contribution in [0, 0.1) is 0 Å². The summed E-state index contributed by atoms with van der Waals surface area (Å²) in [5.74, 6) is 2.21. The Hall–Kier alpha value is -2.92. The van der Waals surface area contributed by atoms with Gasteiger partial charge in [-0.15, -0.1) is 5.10 Å². The maximum Gasteiger partial charge on any atom is 0.252 e. The fraction of sp³-hybridized carbons (Fsp3) is 0.150. The van der Waals surface area contributed by atoms with Gasteiger partial charge >= 0.3 is 0 Å². The smallest absolute Gasteiger partial charge is 0.252 e. The second-order valence-corrected chi connectivity index (χ2v) is 6.30. The molecule has 0 atom stereocenters. The minimum atomic E-state index is 0.499. The van der Waals surface area contributed by atoms with Gasteiger partial charge in [0, 0.05) is 23.2 Å². The summed E-state index contributed by atoms with van der Waals surface area (Å²) in [6.07, 6.45) is 2.53. The van der Waals surface area contributed by atoms with Crippen molar-refractivity contribution in [1.29, 1.82) is 0 Å². The number of halogens is 1. The van der Waals surface area contributed by atoms with Crippen LogP contribution in [0.2, 0.25) is 5.02 Å². The minimum absolute atomic E-state index is 0.499. The summed E-state index contributed by atoms with van der Waals surface area (Å²) in [5, 5.41) is 5.24. The van der Waals surface area contributed by atoms with E-state index in [9.17, 15) is 0 Å². The molecule has 0 radical (unpaired) electrons. The van der Waals surface area contributed by atoms with E-state index in [1.807, 2.05) is 61.5 Å². The first-order chi connectivity index (χ1) is 12.7. The van der Waals surface area contributed by atoms with Gasteiger partial charge in [0.15, 0.2) is 5.82 Å². The highest BCUT2D eigenvalue weighted by atomic mass is 35.5. The minimum Gasteiger partial charge on any atom is -0.489 e. The molecule has 2 aromatic carbocycles. The number of hydrogen-bond donors (Lipinski definition) is 0. The third-order valence-electron chi connectivity index (χ3n) is 4.07. The molecule has 0 spiro atoms. The Morgan fingerprint density at radius 1 is 1.00 bits per heavy atom. The molecule has 0 aliphatic heterocycles. The van der Waals surface area contributed by atoms with Gasteiger partial charge in [-0.1, -0.05) is 30.7 Å². The molecule has 0 saturated heterocycles. The normalized spacial score (nSPS) is 11.0. The molecule has 0 N–H and O–H groups in total. The Labute approximate surface area is 156 Å². The van der Waals surface area contributed by atoms with Crippen molar-refractivity contribution in [3.05, 3.63) is 77.2 Å². The third-order valence-corrected chi connectivity index (χ3v) is 4.32. The van der Waals surface area contributed by atoms with Gasteiger partial charge in [0.1, 0.15) is 12.4 Å². The molecule has 0 amide bonds. The average Bonchev–Trinajstić information content (AvgIpc) is 3.11. The van der Waals surface area contributed by atoms with Crippen LogP contribution >= 0.6 is 11.6 Å². The molecule has 130 valence electrons. The number of aromatic nitrogens is 4. The first-order valence-electron chi connectivity index (χ1n) is 8.41. The van der Waals surface area contributed by atoms with Crippen LogP contribution in [-0.4, -0.2) is 19.6 Å². The van der Waals surface area contributed by atoms with Crippen molar-refractivity contribution in [2.45, 2.75) is 20.0 Å².